The van der Waals surface area contributed by atoms with E-state index in [9.17, 15) is 0 Å². The van der Waals surface area contributed by atoms with Crippen molar-refractivity contribution >= 4 is 0 Å². The van der Waals surface area contributed by atoms with Crippen molar-refractivity contribution in [3.63, 3.8) is 0 Å². The molecular formula is C25H34O4. The van der Waals surface area contributed by atoms with Gasteiger partial charge >= 0.3 is 0 Å². The summed E-state index contributed by atoms with van der Waals surface area (Å²) in [4.78, 5) is 0. The molecule has 2 aromatic rings. The SMILES string of the molecule is CO[C@@H](CCCC[C@H](OCc1ccccc1)c1ccccc1)[C@H]1COC(C)(C)O1. The Morgan fingerprint density at radius 2 is 1.62 bits per heavy atom. The Kier molecular flexibility index (Phi) is 8.25. The molecular weight excluding hydrogens is 364 g/mol. The average Bonchev–Trinajstić information content (AvgIpc) is 3.11. The van der Waals surface area contributed by atoms with Crippen molar-refractivity contribution in [1.29, 1.82) is 0 Å². The molecule has 0 bridgehead atoms. The highest BCUT2D eigenvalue weighted by molar-refractivity contribution is 5.18. The first-order valence-corrected chi connectivity index (χ1v) is 10.6. The molecule has 1 fully saturated rings. The number of benzene rings is 2. The summed E-state index contributed by atoms with van der Waals surface area (Å²) in [5, 5.41) is 0. The third-order valence-electron chi connectivity index (χ3n) is 5.42. The van der Waals surface area contributed by atoms with Crippen molar-refractivity contribution in [2.24, 2.45) is 0 Å². The van der Waals surface area contributed by atoms with Gasteiger partial charge in [-0.05, 0) is 37.8 Å². The molecule has 1 aliphatic rings. The van der Waals surface area contributed by atoms with Gasteiger partial charge in [0.1, 0.15) is 6.10 Å². The minimum atomic E-state index is -0.509. The van der Waals surface area contributed by atoms with Gasteiger partial charge in [0, 0.05) is 7.11 Å². The number of rotatable bonds is 11. The standard InChI is InChI=1S/C25H34O4/c1-25(2)28-19-24(29-25)23(26-3)17-11-10-16-22(21-14-8-5-9-15-21)27-18-20-12-6-4-7-13-20/h4-9,12-15,22-24H,10-11,16-19H2,1-3H3/t22-,23-,24+/m0/s1. The highest BCUT2D eigenvalue weighted by atomic mass is 16.7. The van der Waals surface area contributed by atoms with Crippen LogP contribution in [0.4, 0.5) is 0 Å². The number of hydrogen-bond acceptors (Lipinski definition) is 4. The van der Waals surface area contributed by atoms with Crippen LogP contribution in [0.15, 0.2) is 60.7 Å². The van der Waals surface area contributed by atoms with E-state index in [4.69, 9.17) is 18.9 Å². The molecule has 2 aromatic carbocycles. The van der Waals surface area contributed by atoms with Crippen molar-refractivity contribution in [1.82, 2.24) is 0 Å². The smallest absolute Gasteiger partial charge is 0.163 e. The van der Waals surface area contributed by atoms with Crippen LogP contribution < -0.4 is 0 Å². The fourth-order valence-electron chi connectivity index (χ4n) is 3.81. The molecule has 4 heteroatoms. The highest BCUT2D eigenvalue weighted by Gasteiger charge is 2.37. The lowest BCUT2D eigenvalue weighted by molar-refractivity contribution is -0.154. The molecule has 1 saturated heterocycles. The monoisotopic (exact) mass is 398 g/mol. The summed E-state index contributed by atoms with van der Waals surface area (Å²) >= 11 is 0. The normalized spacial score (nSPS) is 20.4. The van der Waals surface area contributed by atoms with Crippen LogP contribution in [0, 0.1) is 0 Å². The number of hydrogen-bond donors (Lipinski definition) is 0. The zero-order valence-corrected chi connectivity index (χ0v) is 17.9. The first kappa shape index (κ1) is 22.0. The van der Waals surface area contributed by atoms with Gasteiger partial charge in [-0.2, -0.15) is 0 Å². The molecule has 0 spiro atoms. The van der Waals surface area contributed by atoms with Crippen LogP contribution in [-0.2, 0) is 25.6 Å². The Bertz CT molecular complexity index is 701. The van der Waals surface area contributed by atoms with Gasteiger partial charge in [0.2, 0.25) is 0 Å². The first-order chi connectivity index (χ1) is 14.1. The van der Waals surface area contributed by atoms with Crippen molar-refractivity contribution in [3.8, 4) is 0 Å². The lowest BCUT2D eigenvalue weighted by Gasteiger charge is -2.23. The molecule has 1 heterocycles. The van der Waals surface area contributed by atoms with Gasteiger partial charge < -0.3 is 18.9 Å². The van der Waals surface area contributed by atoms with Crippen molar-refractivity contribution < 1.29 is 18.9 Å². The van der Waals surface area contributed by atoms with Crippen LogP contribution in [0.1, 0.15) is 56.8 Å². The second-order valence-electron chi connectivity index (χ2n) is 8.12. The second-order valence-corrected chi connectivity index (χ2v) is 8.12. The molecule has 0 N–H and O–H groups in total. The summed E-state index contributed by atoms with van der Waals surface area (Å²) in [6.07, 6.45) is 4.26. The van der Waals surface area contributed by atoms with Crippen molar-refractivity contribution in [2.45, 2.75) is 70.2 Å². The fraction of sp³-hybridized carbons (Fsp3) is 0.520. The van der Waals surface area contributed by atoms with Gasteiger partial charge in [0.05, 0.1) is 25.4 Å². The lowest BCUT2D eigenvalue weighted by Crippen LogP contribution is -2.32. The van der Waals surface area contributed by atoms with Crippen LogP contribution >= 0.6 is 0 Å². The molecule has 0 radical (unpaired) electrons. The van der Waals surface area contributed by atoms with Gasteiger partial charge in [0.15, 0.2) is 5.79 Å². The van der Waals surface area contributed by atoms with Gasteiger partial charge in [-0.15, -0.1) is 0 Å². The summed E-state index contributed by atoms with van der Waals surface area (Å²) in [7, 11) is 1.76. The van der Waals surface area contributed by atoms with E-state index < -0.39 is 5.79 Å². The Labute approximate surface area is 175 Å². The van der Waals surface area contributed by atoms with Crippen LogP contribution in [0.3, 0.4) is 0 Å². The summed E-state index contributed by atoms with van der Waals surface area (Å²) in [6.45, 7) is 5.13. The van der Waals surface area contributed by atoms with Crippen LogP contribution in [0.25, 0.3) is 0 Å². The molecule has 158 valence electrons. The predicted octanol–water partition coefficient (Wildman–Crippen LogP) is 5.67. The Morgan fingerprint density at radius 3 is 2.24 bits per heavy atom. The van der Waals surface area contributed by atoms with E-state index in [2.05, 4.69) is 48.5 Å². The van der Waals surface area contributed by atoms with Gasteiger partial charge in [-0.1, -0.05) is 73.5 Å². The van der Waals surface area contributed by atoms with E-state index in [1.807, 2.05) is 26.0 Å². The van der Waals surface area contributed by atoms with Crippen molar-refractivity contribution in [2.75, 3.05) is 13.7 Å². The topological polar surface area (TPSA) is 36.9 Å². The third-order valence-corrected chi connectivity index (χ3v) is 5.42. The maximum atomic E-state index is 6.30. The molecule has 0 amide bonds. The van der Waals surface area contributed by atoms with E-state index in [1.54, 1.807) is 7.11 Å². The molecule has 0 aliphatic carbocycles. The molecule has 29 heavy (non-hydrogen) atoms. The highest BCUT2D eigenvalue weighted by Crippen LogP contribution is 2.29. The molecule has 3 atom stereocenters. The first-order valence-electron chi connectivity index (χ1n) is 10.6. The van der Waals surface area contributed by atoms with E-state index >= 15 is 0 Å². The number of ether oxygens (including phenoxy) is 4. The molecule has 4 nitrogen and oxygen atoms in total. The second kappa shape index (κ2) is 10.9. The zero-order chi connectivity index (χ0) is 20.5. The van der Waals surface area contributed by atoms with E-state index in [-0.39, 0.29) is 18.3 Å². The van der Waals surface area contributed by atoms with E-state index in [0.717, 1.165) is 25.7 Å². The summed E-state index contributed by atoms with van der Waals surface area (Å²) < 4.78 is 23.6. The summed E-state index contributed by atoms with van der Waals surface area (Å²) in [5.74, 6) is -0.509. The fourth-order valence-corrected chi connectivity index (χ4v) is 3.81. The number of methoxy groups -OCH3 is 1. The number of unbranched alkanes of at least 4 members (excludes halogenated alkanes) is 1. The van der Waals surface area contributed by atoms with Crippen LogP contribution in [-0.4, -0.2) is 31.7 Å². The summed E-state index contributed by atoms with van der Waals surface area (Å²) in [6, 6.07) is 20.9. The third kappa shape index (κ3) is 6.93. The van der Waals surface area contributed by atoms with E-state index in [0.29, 0.717) is 13.2 Å². The minimum Gasteiger partial charge on any atom is -0.379 e. The zero-order valence-electron chi connectivity index (χ0n) is 17.9. The van der Waals surface area contributed by atoms with Gasteiger partial charge in [0.25, 0.3) is 0 Å². The van der Waals surface area contributed by atoms with Crippen LogP contribution in [0.2, 0.25) is 0 Å². The molecule has 0 saturated carbocycles. The average molecular weight is 399 g/mol. The minimum absolute atomic E-state index is 0.00857. The van der Waals surface area contributed by atoms with Gasteiger partial charge in [-0.3, -0.25) is 0 Å². The maximum absolute atomic E-state index is 6.30. The summed E-state index contributed by atoms with van der Waals surface area (Å²) in [5.41, 5.74) is 2.44. The molecule has 0 unspecified atom stereocenters. The van der Waals surface area contributed by atoms with Crippen LogP contribution in [0.5, 0.6) is 0 Å². The Morgan fingerprint density at radius 1 is 0.966 bits per heavy atom. The Hall–Kier alpha value is -1.72. The molecule has 3 rings (SSSR count). The lowest BCUT2D eigenvalue weighted by atomic mass is 10.0. The van der Waals surface area contributed by atoms with Gasteiger partial charge in [-0.25, -0.2) is 0 Å². The predicted molar refractivity (Wildman–Crippen MR) is 115 cm³/mol. The quantitative estimate of drug-likeness (QED) is 0.457. The Balaban J connectivity index is 1.49. The molecule has 0 aromatic heterocycles. The largest absolute Gasteiger partial charge is 0.379 e. The van der Waals surface area contributed by atoms with E-state index in [1.165, 1.54) is 11.1 Å². The molecule has 1 aliphatic heterocycles. The maximum Gasteiger partial charge on any atom is 0.163 e. The van der Waals surface area contributed by atoms with Crippen molar-refractivity contribution in [3.05, 3.63) is 71.8 Å².